The van der Waals surface area contributed by atoms with Crippen LogP contribution in [0.25, 0.3) is 10.8 Å². The molecule has 1 aromatic carbocycles. The number of benzene rings is 1. The van der Waals surface area contributed by atoms with E-state index in [2.05, 4.69) is 27.3 Å². The lowest BCUT2D eigenvalue weighted by Crippen LogP contribution is -2.59. The van der Waals surface area contributed by atoms with Gasteiger partial charge < -0.3 is 34.6 Å². The van der Waals surface area contributed by atoms with E-state index in [4.69, 9.17) is 14.2 Å². The summed E-state index contributed by atoms with van der Waals surface area (Å²) in [6, 6.07) is 3.59. The first-order valence-electron chi connectivity index (χ1n) is 20.4. The average molecular weight is 825 g/mol. The molecule has 3 N–H and O–H groups in total. The third kappa shape index (κ3) is 9.01. The first kappa shape index (κ1) is 43.0. The topological polar surface area (TPSA) is 186 Å². The fraction of sp³-hybridized carbons (Fsp3) is 0.643. The SMILES string of the molecule is CC[C@@H]1C[C@H](C)CC/C=C\[C@@H]2C[C@@]2(C(=O)NS(=O)(=O)C2(C)CC2)NC(=O)[C@@H]2C[C@@H](Oc3ncc(OC)c4cc(N(C)C)ccc34)CN2C(=O)[C@H]1NC(=O)OC(C)(C)C. The van der Waals surface area contributed by atoms with E-state index in [1.165, 1.54) is 4.90 Å². The normalized spacial score (nSPS) is 29.1. The number of pyridine rings is 1. The third-order valence-electron chi connectivity index (χ3n) is 12.1. The number of aromatic nitrogens is 1. The van der Waals surface area contributed by atoms with E-state index in [1.54, 1.807) is 41.0 Å². The predicted octanol–water partition coefficient (Wildman–Crippen LogP) is 4.83. The Labute approximate surface area is 342 Å². The minimum atomic E-state index is -4.01. The molecule has 1 saturated heterocycles. The number of methoxy groups -OCH3 is 1. The average Bonchev–Trinajstić information content (AvgIpc) is 4.03. The number of carbonyl (C=O) groups excluding carboxylic acids is 4. The fourth-order valence-corrected chi connectivity index (χ4v) is 9.43. The molecule has 2 aliphatic heterocycles. The van der Waals surface area contributed by atoms with E-state index >= 15 is 4.79 Å². The number of ether oxygens (including phenoxy) is 3. The van der Waals surface area contributed by atoms with Crippen molar-refractivity contribution in [3.05, 3.63) is 36.5 Å². The molecule has 3 fully saturated rings. The van der Waals surface area contributed by atoms with Crippen molar-refractivity contribution in [2.24, 2.45) is 17.8 Å². The summed E-state index contributed by atoms with van der Waals surface area (Å²) >= 11 is 0. The highest BCUT2D eigenvalue weighted by atomic mass is 32.2. The van der Waals surface area contributed by atoms with E-state index in [1.807, 2.05) is 56.3 Å². The third-order valence-corrected chi connectivity index (χ3v) is 14.3. The monoisotopic (exact) mass is 824 g/mol. The van der Waals surface area contributed by atoms with Gasteiger partial charge in [0.25, 0.3) is 5.91 Å². The smallest absolute Gasteiger partial charge is 0.408 e. The Balaban J connectivity index is 1.38. The van der Waals surface area contributed by atoms with Crippen LogP contribution < -0.4 is 29.7 Å². The zero-order valence-electron chi connectivity index (χ0n) is 35.2. The number of hydrogen-bond donors (Lipinski definition) is 3. The summed E-state index contributed by atoms with van der Waals surface area (Å²) < 4.78 is 45.6. The maximum atomic E-state index is 15.0. The molecule has 15 nitrogen and oxygen atoms in total. The van der Waals surface area contributed by atoms with Crippen molar-refractivity contribution in [2.45, 2.75) is 127 Å². The van der Waals surface area contributed by atoms with Crippen LogP contribution in [0.1, 0.15) is 92.9 Å². The number of allylic oxidation sites excluding steroid dienone is 1. The number of nitrogens with one attached hydrogen (secondary N) is 3. The Morgan fingerprint density at radius 1 is 1.12 bits per heavy atom. The van der Waals surface area contributed by atoms with Crippen LogP contribution in [-0.4, -0.2) is 104 Å². The maximum absolute atomic E-state index is 15.0. The predicted molar refractivity (Wildman–Crippen MR) is 220 cm³/mol. The van der Waals surface area contributed by atoms with Crippen molar-refractivity contribution in [1.82, 2.24) is 25.2 Å². The second-order valence-electron chi connectivity index (χ2n) is 18.0. The number of sulfonamides is 1. The lowest BCUT2D eigenvalue weighted by molar-refractivity contribution is -0.142. The number of carbonyl (C=O) groups is 4. The summed E-state index contributed by atoms with van der Waals surface area (Å²) in [5.41, 5.74) is -1.43. The molecule has 6 rings (SSSR count). The van der Waals surface area contributed by atoms with Crippen LogP contribution in [0.15, 0.2) is 36.5 Å². The van der Waals surface area contributed by atoms with Gasteiger partial charge in [0, 0.05) is 42.9 Å². The van der Waals surface area contributed by atoms with Gasteiger partial charge in [0.2, 0.25) is 27.7 Å². The summed E-state index contributed by atoms with van der Waals surface area (Å²) in [7, 11) is 1.42. The number of rotatable bonds is 9. The Morgan fingerprint density at radius 2 is 1.84 bits per heavy atom. The van der Waals surface area contributed by atoms with E-state index < -0.39 is 73.8 Å². The number of hydrogen-bond acceptors (Lipinski definition) is 11. The molecule has 4 aliphatic rings. The number of alkyl carbamates (subject to hydrolysis) is 1. The Morgan fingerprint density at radius 3 is 2.48 bits per heavy atom. The molecule has 1 aromatic heterocycles. The van der Waals surface area contributed by atoms with Crippen LogP contribution in [0.2, 0.25) is 0 Å². The Hall–Kier alpha value is -4.60. The largest absolute Gasteiger partial charge is 0.494 e. The van der Waals surface area contributed by atoms with Gasteiger partial charge in [-0.05, 0) is 96.3 Å². The zero-order valence-corrected chi connectivity index (χ0v) is 36.0. The second kappa shape index (κ2) is 16.2. The van der Waals surface area contributed by atoms with E-state index in [0.717, 1.165) is 17.5 Å². The molecule has 16 heteroatoms. The van der Waals surface area contributed by atoms with Crippen molar-refractivity contribution in [2.75, 3.05) is 32.6 Å². The lowest BCUT2D eigenvalue weighted by atomic mass is 9.85. The quantitative estimate of drug-likeness (QED) is 0.295. The molecular weight excluding hydrogens is 765 g/mol. The highest BCUT2D eigenvalue weighted by molar-refractivity contribution is 7.91. The lowest BCUT2D eigenvalue weighted by Gasteiger charge is -2.34. The molecule has 0 unspecified atom stereocenters. The van der Waals surface area contributed by atoms with Gasteiger partial charge in [-0.15, -0.1) is 0 Å². The molecule has 0 bridgehead atoms. The van der Waals surface area contributed by atoms with Crippen LogP contribution in [0.5, 0.6) is 11.6 Å². The van der Waals surface area contributed by atoms with Gasteiger partial charge in [-0.3, -0.25) is 19.1 Å². The van der Waals surface area contributed by atoms with Crippen LogP contribution in [0, 0.1) is 17.8 Å². The van der Waals surface area contributed by atoms with Crippen molar-refractivity contribution < 1.29 is 41.8 Å². The highest BCUT2D eigenvalue weighted by Crippen LogP contribution is 2.48. The minimum Gasteiger partial charge on any atom is -0.494 e. The van der Waals surface area contributed by atoms with Crippen molar-refractivity contribution >= 4 is 50.3 Å². The molecule has 7 atom stereocenters. The minimum absolute atomic E-state index is 0.0312. The van der Waals surface area contributed by atoms with Crippen LogP contribution in [0.4, 0.5) is 10.5 Å². The zero-order chi connectivity index (χ0) is 42.4. The van der Waals surface area contributed by atoms with Gasteiger partial charge in [-0.2, -0.15) is 0 Å². The standard InChI is InChI=1S/C42H60N6O9S/c1-10-26-19-25(2)13-11-12-14-27-22-42(27,38(51)46-58(53,54)41(6)17-18-41)45-35(49)32-21-29(24-48(32)37(50)34(26)44-39(52)57-40(3,4)5)56-36-30-16-15-28(47(7)8)20-31(30)33(55-9)23-43-36/h12,14-16,20,23,25-27,29,32,34H,10-11,13,17-19,21-22,24H2,1-9H3,(H,44,52)(H,45,49)(H,46,51)/b14-12-/t25-,26-,27-,29-,32+,34+,42-/m1/s1. The molecule has 2 saturated carbocycles. The van der Waals surface area contributed by atoms with E-state index in [9.17, 15) is 22.8 Å². The van der Waals surface area contributed by atoms with Gasteiger partial charge in [0.05, 0.1) is 24.6 Å². The first-order valence-corrected chi connectivity index (χ1v) is 21.9. The molecule has 4 amide bonds. The Bertz CT molecular complexity index is 2060. The summed E-state index contributed by atoms with van der Waals surface area (Å²) in [5.74, 6) is -1.68. The van der Waals surface area contributed by atoms with Gasteiger partial charge in [0.1, 0.15) is 35.1 Å². The van der Waals surface area contributed by atoms with Gasteiger partial charge >= 0.3 is 6.09 Å². The summed E-state index contributed by atoms with van der Waals surface area (Å²) in [4.78, 5) is 65.0. The molecule has 3 heterocycles. The molecule has 0 radical (unpaired) electrons. The van der Waals surface area contributed by atoms with E-state index in [-0.39, 0.29) is 37.1 Å². The van der Waals surface area contributed by atoms with Gasteiger partial charge in [0.15, 0.2) is 0 Å². The number of fused-ring (bicyclic) bond motifs is 3. The van der Waals surface area contributed by atoms with E-state index in [0.29, 0.717) is 43.2 Å². The van der Waals surface area contributed by atoms with Crippen molar-refractivity contribution in [3.63, 3.8) is 0 Å². The number of nitrogens with zero attached hydrogens (tertiary/aromatic N) is 3. The molecule has 318 valence electrons. The highest BCUT2D eigenvalue weighted by Gasteiger charge is 2.63. The first-order chi connectivity index (χ1) is 27.2. The Kier molecular flexibility index (Phi) is 12.0. The number of amides is 4. The summed E-state index contributed by atoms with van der Waals surface area (Å²) in [6.45, 7) is 10.9. The van der Waals surface area contributed by atoms with Gasteiger partial charge in [-0.1, -0.05) is 32.4 Å². The molecular formula is C42H60N6O9S. The maximum Gasteiger partial charge on any atom is 0.408 e. The van der Waals surface area contributed by atoms with Gasteiger partial charge in [-0.25, -0.2) is 18.2 Å². The fourth-order valence-electron chi connectivity index (χ4n) is 8.12. The summed E-state index contributed by atoms with van der Waals surface area (Å²) in [5, 5.41) is 7.23. The number of anilines is 1. The second-order valence-corrected chi connectivity index (χ2v) is 20.2. The molecule has 2 aromatic rings. The van der Waals surface area contributed by atoms with Crippen LogP contribution in [0.3, 0.4) is 0 Å². The van der Waals surface area contributed by atoms with Crippen molar-refractivity contribution in [3.8, 4) is 11.6 Å². The van der Waals surface area contributed by atoms with Crippen LogP contribution >= 0.6 is 0 Å². The molecule has 58 heavy (non-hydrogen) atoms. The molecule has 0 spiro atoms. The summed E-state index contributed by atoms with van der Waals surface area (Å²) in [6.07, 6.45) is 7.66. The molecule has 2 aliphatic carbocycles. The van der Waals surface area contributed by atoms with Crippen LogP contribution in [-0.2, 0) is 29.1 Å². The van der Waals surface area contributed by atoms with Crippen molar-refractivity contribution in [1.29, 1.82) is 0 Å².